The van der Waals surface area contributed by atoms with E-state index in [1.807, 2.05) is 16.0 Å². The summed E-state index contributed by atoms with van der Waals surface area (Å²) in [6.07, 6.45) is 2.32. The smallest absolute Gasteiger partial charge is 0.307 e. The molecule has 2 rings (SSSR count). The highest BCUT2D eigenvalue weighted by Gasteiger charge is 2.13. The molecule has 2 aromatic rings. The Balaban J connectivity index is 1.90. The topological polar surface area (TPSA) is 64.9 Å². The van der Waals surface area contributed by atoms with E-state index >= 15 is 0 Å². The number of esters is 1. The van der Waals surface area contributed by atoms with Gasteiger partial charge in [-0.25, -0.2) is 0 Å². The molecule has 1 N–H and O–H groups in total. The summed E-state index contributed by atoms with van der Waals surface area (Å²) in [5.41, 5.74) is 0.961. The summed E-state index contributed by atoms with van der Waals surface area (Å²) < 4.78 is 12.1. The molecule has 7 heteroatoms. The van der Waals surface area contributed by atoms with E-state index in [0.717, 1.165) is 10.7 Å². The fraction of sp³-hybridized carbons (Fsp3) is 0.500. The van der Waals surface area contributed by atoms with Crippen molar-refractivity contribution in [1.82, 2.24) is 14.7 Å². The van der Waals surface area contributed by atoms with Crippen LogP contribution in [0.5, 0.6) is 5.88 Å². The van der Waals surface area contributed by atoms with Crippen LogP contribution < -0.4 is 10.1 Å². The maximum Gasteiger partial charge on any atom is 0.307 e. The number of aromatic nitrogens is 2. The minimum absolute atomic E-state index is 0.184. The third-order valence-electron chi connectivity index (χ3n) is 2.62. The molecule has 0 radical (unpaired) electrons. The highest BCUT2D eigenvalue weighted by Crippen LogP contribution is 2.22. The molecule has 0 saturated heterocycles. The standard InChI is InChI=1S/C12H17N3O3S/c1-3-18-10(16)4-5-13-8-9-11(17-2)14-12-15(9)6-7-19-12/h6-7,13H,3-5,8H2,1-2H3. The second-order valence-corrected chi connectivity index (χ2v) is 4.73. The Morgan fingerprint density at radius 2 is 2.42 bits per heavy atom. The number of hydrogen-bond acceptors (Lipinski definition) is 6. The van der Waals surface area contributed by atoms with E-state index in [2.05, 4.69) is 10.3 Å². The van der Waals surface area contributed by atoms with Gasteiger partial charge in [0.1, 0.15) is 5.69 Å². The number of carbonyl (C=O) groups is 1. The van der Waals surface area contributed by atoms with Crippen LogP contribution in [-0.2, 0) is 16.1 Å². The average Bonchev–Trinajstić information content (AvgIpc) is 2.96. The summed E-state index contributed by atoms with van der Waals surface area (Å²) in [6.45, 7) is 3.39. The zero-order valence-electron chi connectivity index (χ0n) is 11.0. The number of rotatable bonds is 7. The molecule has 0 spiro atoms. The first kappa shape index (κ1) is 13.8. The van der Waals surface area contributed by atoms with Crippen molar-refractivity contribution < 1.29 is 14.3 Å². The summed E-state index contributed by atoms with van der Waals surface area (Å²) >= 11 is 1.56. The van der Waals surface area contributed by atoms with Crippen LogP contribution in [0.1, 0.15) is 19.0 Å². The lowest BCUT2D eigenvalue weighted by Crippen LogP contribution is -2.20. The zero-order valence-corrected chi connectivity index (χ0v) is 11.8. The van der Waals surface area contributed by atoms with Crippen molar-refractivity contribution in [3.05, 3.63) is 17.3 Å². The molecule has 0 bridgehead atoms. The predicted octanol–water partition coefficient (Wildman–Crippen LogP) is 1.45. The number of imidazole rings is 1. The quantitative estimate of drug-likeness (QED) is 0.615. The van der Waals surface area contributed by atoms with E-state index in [0.29, 0.717) is 32.0 Å². The largest absolute Gasteiger partial charge is 0.480 e. The van der Waals surface area contributed by atoms with E-state index in [1.54, 1.807) is 25.4 Å². The van der Waals surface area contributed by atoms with Crippen molar-refractivity contribution in [3.8, 4) is 5.88 Å². The van der Waals surface area contributed by atoms with Gasteiger partial charge in [0.05, 0.1) is 20.1 Å². The number of fused-ring (bicyclic) bond motifs is 1. The van der Waals surface area contributed by atoms with Crippen molar-refractivity contribution in [1.29, 1.82) is 0 Å². The molecule has 104 valence electrons. The summed E-state index contributed by atoms with van der Waals surface area (Å²) in [6, 6.07) is 0. The fourth-order valence-electron chi connectivity index (χ4n) is 1.77. The molecule has 6 nitrogen and oxygen atoms in total. The van der Waals surface area contributed by atoms with Gasteiger partial charge >= 0.3 is 5.97 Å². The summed E-state index contributed by atoms with van der Waals surface area (Å²) in [5, 5.41) is 5.17. The molecule has 0 aliphatic carbocycles. The highest BCUT2D eigenvalue weighted by molar-refractivity contribution is 7.15. The molecule has 0 fully saturated rings. The molecular weight excluding hydrogens is 266 g/mol. The van der Waals surface area contributed by atoms with Crippen LogP contribution >= 0.6 is 11.3 Å². The molecule has 19 heavy (non-hydrogen) atoms. The van der Waals surface area contributed by atoms with Crippen molar-refractivity contribution in [2.45, 2.75) is 19.9 Å². The molecule has 2 heterocycles. The van der Waals surface area contributed by atoms with E-state index in [1.165, 1.54) is 0 Å². The number of thiazole rings is 1. The second-order valence-electron chi connectivity index (χ2n) is 3.86. The minimum Gasteiger partial charge on any atom is -0.480 e. The lowest BCUT2D eigenvalue weighted by Gasteiger charge is -2.05. The Bertz CT molecular complexity index is 549. The van der Waals surface area contributed by atoms with E-state index in [9.17, 15) is 4.79 Å². The van der Waals surface area contributed by atoms with Crippen molar-refractivity contribution >= 4 is 22.3 Å². The monoisotopic (exact) mass is 283 g/mol. The molecule has 0 saturated carbocycles. The van der Waals surface area contributed by atoms with Gasteiger partial charge in [-0.3, -0.25) is 9.20 Å². The van der Waals surface area contributed by atoms with Crippen LogP contribution in [-0.4, -0.2) is 35.6 Å². The number of hydrogen-bond donors (Lipinski definition) is 1. The lowest BCUT2D eigenvalue weighted by molar-refractivity contribution is -0.142. The third kappa shape index (κ3) is 3.24. The van der Waals surface area contributed by atoms with Gasteiger partial charge < -0.3 is 14.8 Å². The van der Waals surface area contributed by atoms with Gasteiger partial charge in [0.25, 0.3) is 0 Å². The molecule has 2 aromatic heterocycles. The molecule has 0 aliphatic heterocycles. The Morgan fingerprint density at radius 1 is 1.58 bits per heavy atom. The number of carbonyl (C=O) groups excluding carboxylic acids is 1. The SMILES string of the molecule is CCOC(=O)CCNCc1c(OC)nc2sccn12. The molecule has 0 unspecified atom stereocenters. The maximum absolute atomic E-state index is 11.2. The van der Waals surface area contributed by atoms with Crippen molar-refractivity contribution in [2.24, 2.45) is 0 Å². The van der Waals surface area contributed by atoms with Gasteiger partial charge in [-0.15, -0.1) is 11.3 Å². The zero-order chi connectivity index (χ0) is 13.7. The number of ether oxygens (including phenoxy) is 2. The normalized spacial score (nSPS) is 10.8. The van der Waals surface area contributed by atoms with Crippen LogP contribution in [0, 0.1) is 0 Å². The number of nitrogens with one attached hydrogen (secondary N) is 1. The Morgan fingerprint density at radius 3 is 3.16 bits per heavy atom. The van der Waals surface area contributed by atoms with E-state index < -0.39 is 0 Å². The van der Waals surface area contributed by atoms with Crippen molar-refractivity contribution in [3.63, 3.8) is 0 Å². The molecule has 0 aromatic carbocycles. The first-order valence-corrected chi connectivity index (χ1v) is 6.99. The van der Waals surface area contributed by atoms with Gasteiger partial charge in [0.15, 0.2) is 4.96 Å². The fourth-order valence-corrected chi connectivity index (χ4v) is 2.49. The second kappa shape index (κ2) is 6.53. The summed E-state index contributed by atoms with van der Waals surface area (Å²) in [4.78, 5) is 16.5. The molecule has 0 amide bonds. The van der Waals surface area contributed by atoms with Gasteiger partial charge in [-0.05, 0) is 6.92 Å². The van der Waals surface area contributed by atoms with Crippen LogP contribution in [0.2, 0.25) is 0 Å². The summed E-state index contributed by atoms with van der Waals surface area (Å²) in [7, 11) is 1.61. The summed E-state index contributed by atoms with van der Waals surface area (Å²) in [5.74, 6) is 0.436. The van der Waals surface area contributed by atoms with Gasteiger partial charge in [0.2, 0.25) is 5.88 Å². The first-order valence-electron chi connectivity index (χ1n) is 6.11. The van der Waals surface area contributed by atoms with Gasteiger partial charge in [-0.2, -0.15) is 4.98 Å². The Labute approximate surface area is 115 Å². The lowest BCUT2D eigenvalue weighted by atomic mass is 10.4. The average molecular weight is 283 g/mol. The van der Waals surface area contributed by atoms with E-state index in [-0.39, 0.29) is 5.97 Å². The van der Waals surface area contributed by atoms with Gasteiger partial charge in [-0.1, -0.05) is 0 Å². The third-order valence-corrected chi connectivity index (χ3v) is 3.38. The molecule has 0 atom stereocenters. The van der Waals surface area contributed by atoms with E-state index in [4.69, 9.17) is 9.47 Å². The van der Waals surface area contributed by atoms with Crippen LogP contribution in [0.4, 0.5) is 0 Å². The van der Waals surface area contributed by atoms with Crippen LogP contribution in [0.3, 0.4) is 0 Å². The van der Waals surface area contributed by atoms with Gasteiger partial charge in [0, 0.05) is 24.7 Å². The van der Waals surface area contributed by atoms with Crippen LogP contribution in [0.15, 0.2) is 11.6 Å². The molecule has 0 aliphatic rings. The van der Waals surface area contributed by atoms with Crippen LogP contribution in [0.25, 0.3) is 4.96 Å². The Hall–Kier alpha value is -1.60. The maximum atomic E-state index is 11.2. The van der Waals surface area contributed by atoms with Crippen molar-refractivity contribution in [2.75, 3.05) is 20.3 Å². The number of methoxy groups -OCH3 is 1. The number of nitrogens with zero attached hydrogens (tertiary/aromatic N) is 2. The predicted molar refractivity (Wildman–Crippen MR) is 72.6 cm³/mol. The first-order chi connectivity index (χ1) is 9.26. The minimum atomic E-state index is -0.184. The Kier molecular flexibility index (Phi) is 4.75. The highest BCUT2D eigenvalue weighted by atomic mass is 32.1. The molecular formula is C12H17N3O3S.